The summed E-state index contributed by atoms with van der Waals surface area (Å²) in [6.45, 7) is 6.71. The Morgan fingerprint density at radius 3 is 1.65 bits per heavy atom. The fourth-order valence-corrected chi connectivity index (χ4v) is 3.01. The summed E-state index contributed by atoms with van der Waals surface area (Å²) in [5, 5.41) is 0. The molecule has 0 N–H and O–H groups in total. The lowest BCUT2D eigenvalue weighted by atomic mass is 9.96. The van der Waals surface area contributed by atoms with Crippen LogP contribution in [0, 0.1) is 6.92 Å². The molecule has 0 saturated carbocycles. The summed E-state index contributed by atoms with van der Waals surface area (Å²) < 4.78 is 0. The number of benzene rings is 3. The van der Waals surface area contributed by atoms with Crippen LogP contribution in [0.1, 0.15) is 30.9 Å². The van der Waals surface area contributed by atoms with Crippen LogP contribution in [-0.2, 0) is 0 Å². The predicted molar refractivity (Wildman–Crippen MR) is 100.0 cm³/mol. The van der Waals surface area contributed by atoms with Crippen molar-refractivity contribution in [3.05, 3.63) is 90.0 Å². The Kier molecular flexibility index (Phi) is 4.47. The second kappa shape index (κ2) is 6.70. The van der Waals surface area contributed by atoms with Gasteiger partial charge in [0.25, 0.3) is 0 Å². The van der Waals surface area contributed by atoms with Gasteiger partial charge < -0.3 is 4.90 Å². The Bertz CT molecular complexity index is 721. The summed E-state index contributed by atoms with van der Waals surface area (Å²) in [5.41, 5.74) is 6.34. The molecular weight excluding hydrogens is 278 g/mol. The fourth-order valence-electron chi connectivity index (χ4n) is 3.01. The molecule has 23 heavy (non-hydrogen) atoms. The highest BCUT2D eigenvalue weighted by Crippen LogP contribution is 2.40. The van der Waals surface area contributed by atoms with Crippen molar-refractivity contribution in [2.24, 2.45) is 0 Å². The minimum absolute atomic E-state index is 0.472. The summed E-state index contributed by atoms with van der Waals surface area (Å²) in [7, 11) is 0. The summed E-state index contributed by atoms with van der Waals surface area (Å²) >= 11 is 0. The van der Waals surface area contributed by atoms with Crippen LogP contribution in [0.4, 0.5) is 17.1 Å². The molecule has 0 unspecified atom stereocenters. The van der Waals surface area contributed by atoms with Gasteiger partial charge in [0.15, 0.2) is 0 Å². The number of hydrogen-bond donors (Lipinski definition) is 0. The van der Waals surface area contributed by atoms with Gasteiger partial charge in [-0.1, -0.05) is 68.4 Å². The van der Waals surface area contributed by atoms with Crippen LogP contribution in [0.3, 0.4) is 0 Å². The quantitative estimate of drug-likeness (QED) is 0.525. The van der Waals surface area contributed by atoms with Crippen LogP contribution in [0.2, 0.25) is 0 Å². The maximum atomic E-state index is 2.37. The van der Waals surface area contributed by atoms with Gasteiger partial charge in [-0.15, -0.1) is 0 Å². The van der Waals surface area contributed by atoms with E-state index < -0.39 is 0 Å². The molecule has 3 aromatic carbocycles. The average molecular weight is 301 g/mol. The molecule has 3 aromatic rings. The first kappa shape index (κ1) is 15.4. The molecule has 0 saturated heterocycles. The Morgan fingerprint density at radius 1 is 0.652 bits per heavy atom. The van der Waals surface area contributed by atoms with Crippen LogP contribution >= 0.6 is 0 Å². The summed E-state index contributed by atoms with van der Waals surface area (Å²) in [6, 6.07) is 27.8. The highest BCUT2D eigenvalue weighted by Gasteiger charge is 2.18. The lowest BCUT2D eigenvalue weighted by Gasteiger charge is -2.30. The zero-order valence-corrected chi connectivity index (χ0v) is 14.0. The van der Waals surface area contributed by atoms with Crippen LogP contribution in [-0.4, -0.2) is 0 Å². The molecule has 0 fully saturated rings. The topological polar surface area (TPSA) is 3.24 Å². The number of aryl methyl sites for hydroxylation is 1. The Morgan fingerprint density at radius 2 is 1.17 bits per heavy atom. The first-order valence-corrected chi connectivity index (χ1v) is 8.18. The van der Waals surface area contributed by atoms with Gasteiger partial charge in [0.1, 0.15) is 0 Å². The maximum Gasteiger partial charge on any atom is 0.0525 e. The van der Waals surface area contributed by atoms with Crippen molar-refractivity contribution in [1.82, 2.24) is 0 Å². The smallest absolute Gasteiger partial charge is 0.0525 e. The molecule has 0 atom stereocenters. The number of para-hydroxylation sites is 3. The maximum absolute atomic E-state index is 2.37. The molecule has 0 aliphatic carbocycles. The fraction of sp³-hybridized carbons (Fsp3) is 0.182. The molecule has 3 rings (SSSR count). The second-order valence-corrected chi connectivity index (χ2v) is 6.17. The van der Waals surface area contributed by atoms with E-state index in [4.69, 9.17) is 0 Å². The lowest BCUT2D eigenvalue weighted by molar-refractivity contribution is 0.862. The molecule has 0 spiro atoms. The standard InChI is InChI=1S/C22H23N/c1-17(2)21-16-10-11-18(3)22(21)23(19-12-6-4-7-13-19)20-14-8-5-9-15-20/h4-17H,1-3H3. The molecule has 0 aliphatic heterocycles. The van der Waals surface area contributed by atoms with Crippen molar-refractivity contribution in [1.29, 1.82) is 0 Å². The van der Waals surface area contributed by atoms with E-state index in [0.717, 1.165) is 0 Å². The minimum Gasteiger partial charge on any atom is -0.310 e. The van der Waals surface area contributed by atoms with E-state index in [1.165, 1.54) is 28.2 Å². The average Bonchev–Trinajstić information content (AvgIpc) is 2.58. The minimum atomic E-state index is 0.472. The van der Waals surface area contributed by atoms with E-state index in [0.29, 0.717) is 5.92 Å². The van der Waals surface area contributed by atoms with Gasteiger partial charge in [0, 0.05) is 11.4 Å². The van der Waals surface area contributed by atoms with Gasteiger partial charge in [-0.2, -0.15) is 0 Å². The molecule has 0 amide bonds. The van der Waals surface area contributed by atoms with Crippen LogP contribution in [0.25, 0.3) is 0 Å². The Labute approximate surface area is 139 Å². The molecule has 0 heterocycles. The summed E-state index contributed by atoms with van der Waals surface area (Å²) in [5.74, 6) is 0.472. The van der Waals surface area contributed by atoms with E-state index >= 15 is 0 Å². The van der Waals surface area contributed by atoms with Crippen LogP contribution in [0.15, 0.2) is 78.9 Å². The third kappa shape index (κ3) is 3.14. The zero-order chi connectivity index (χ0) is 16.2. The van der Waals surface area contributed by atoms with Gasteiger partial charge in [0.2, 0.25) is 0 Å². The number of hydrogen-bond acceptors (Lipinski definition) is 1. The number of anilines is 3. The Balaban J connectivity index is 2.26. The predicted octanol–water partition coefficient (Wildman–Crippen LogP) is 6.59. The van der Waals surface area contributed by atoms with E-state index in [1.54, 1.807) is 0 Å². The van der Waals surface area contributed by atoms with Gasteiger partial charge in [-0.25, -0.2) is 0 Å². The zero-order valence-electron chi connectivity index (χ0n) is 14.0. The van der Waals surface area contributed by atoms with Crippen molar-refractivity contribution >= 4 is 17.1 Å². The molecule has 0 aliphatic rings. The molecule has 1 nitrogen and oxygen atoms in total. The summed E-state index contributed by atoms with van der Waals surface area (Å²) in [4.78, 5) is 2.37. The Hall–Kier alpha value is -2.54. The van der Waals surface area contributed by atoms with Gasteiger partial charge >= 0.3 is 0 Å². The van der Waals surface area contributed by atoms with Crippen molar-refractivity contribution in [2.45, 2.75) is 26.7 Å². The van der Waals surface area contributed by atoms with E-state index in [2.05, 4.69) is 105 Å². The SMILES string of the molecule is Cc1cccc(C(C)C)c1N(c1ccccc1)c1ccccc1. The highest BCUT2D eigenvalue weighted by atomic mass is 15.1. The third-order valence-corrected chi connectivity index (χ3v) is 4.14. The number of rotatable bonds is 4. The molecule has 0 aromatic heterocycles. The molecule has 0 radical (unpaired) electrons. The lowest BCUT2D eigenvalue weighted by Crippen LogP contribution is -2.14. The normalized spacial score (nSPS) is 10.8. The first-order chi connectivity index (χ1) is 11.2. The van der Waals surface area contributed by atoms with Crippen molar-refractivity contribution in [2.75, 3.05) is 4.90 Å². The van der Waals surface area contributed by atoms with Gasteiger partial charge in [-0.05, 0) is 48.2 Å². The van der Waals surface area contributed by atoms with Crippen molar-refractivity contribution in [3.63, 3.8) is 0 Å². The van der Waals surface area contributed by atoms with Crippen LogP contribution < -0.4 is 4.90 Å². The van der Waals surface area contributed by atoms with Gasteiger partial charge in [-0.3, -0.25) is 0 Å². The first-order valence-electron chi connectivity index (χ1n) is 8.18. The van der Waals surface area contributed by atoms with E-state index in [1.807, 2.05) is 0 Å². The second-order valence-electron chi connectivity index (χ2n) is 6.17. The van der Waals surface area contributed by atoms with E-state index in [-0.39, 0.29) is 0 Å². The summed E-state index contributed by atoms with van der Waals surface area (Å²) in [6.07, 6.45) is 0. The van der Waals surface area contributed by atoms with Crippen LogP contribution in [0.5, 0.6) is 0 Å². The molecule has 116 valence electrons. The molecule has 1 heteroatoms. The van der Waals surface area contributed by atoms with E-state index in [9.17, 15) is 0 Å². The molecular formula is C22H23N. The number of nitrogens with zero attached hydrogens (tertiary/aromatic N) is 1. The molecule has 0 bridgehead atoms. The van der Waals surface area contributed by atoms with Crippen molar-refractivity contribution in [3.8, 4) is 0 Å². The highest BCUT2D eigenvalue weighted by molar-refractivity contribution is 5.80. The third-order valence-electron chi connectivity index (χ3n) is 4.14. The monoisotopic (exact) mass is 301 g/mol. The van der Waals surface area contributed by atoms with Crippen molar-refractivity contribution < 1.29 is 0 Å². The van der Waals surface area contributed by atoms with Gasteiger partial charge in [0.05, 0.1) is 5.69 Å². The largest absolute Gasteiger partial charge is 0.310 e.